The molecule has 6 nitrogen and oxygen atoms in total. The number of aliphatic hydroxyl groups is 1. The molecule has 6 heteroatoms. The first-order chi connectivity index (χ1) is 6.57. The molecule has 1 amide bonds. The molecular formula is C8H12N2O4. The Morgan fingerprint density at radius 3 is 2.64 bits per heavy atom. The van der Waals surface area contributed by atoms with Gasteiger partial charge in [0.05, 0.1) is 19.6 Å². The lowest BCUT2D eigenvalue weighted by Crippen LogP contribution is -2.40. The summed E-state index contributed by atoms with van der Waals surface area (Å²) >= 11 is 0. The molecule has 0 rings (SSSR count). The van der Waals surface area contributed by atoms with Crippen molar-refractivity contribution in [1.29, 1.82) is 0 Å². The molecule has 4 N–H and O–H groups in total. The molecule has 0 saturated heterocycles. The van der Waals surface area contributed by atoms with E-state index in [-0.39, 0.29) is 19.6 Å². The molecule has 0 radical (unpaired) electrons. The maximum Gasteiger partial charge on any atom is 0.334 e. The number of carbonyl (C=O) groups excluding carboxylic acids is 1. The Balaban J connectivity index is 3.54. The topological polar surface area (TPSA) is 98.7 Å². The summed E-state index contributed by atoms with van der Waals surface area (Å²) in [5.41, 5.74) is 0. The number of nitrogens with one attached hydrogen (secondary N) is 2. The van der Waals surface area contributed by atoms with Crippen LogP contribution in [0.25, 0.3) is 0 Å². The summed E-state index contributed by atoms with van der Waals surface area (Å²) < 4.78 is 0. The average molecular weight is 200 g/mol. The lowest BCUT2D eigenvalue weighted by molar-refractivity contribution is -0.146. The molecule has 0 bridgehead atoms. The van der Waals surface area contributed by atoms with Gasteiger partial charge in [-0.3, -0.25) is 10.1 Å². The maximum absolute atomic E-state index is 10.9. The van der Waals surface area contributed by atoms with Gasteiger partial charge in [-0.1, -0.05) is 5.92 Å². The van der Waals surface area contributed by atoms with Gasteiger partial charge in [-0.05, 0) is 0 Å². The standard InChI is InChI=1S/C8H12N2O4/c1-2-3-9-5-7(12)10-4-6(11)8(13)14/h1,6,9,11H,3-5H2,(H,10,12)(H,13,14). The summed E-state index contributed by atoms with van der Waals surface area (Å²) in [6, 6.07) is 0. The predicted molar refractivity (Wildman–Crippen MR) is 48.4 cm³/mol. The Bertz CT molecular complexity index is 246. The molecule has 0 spiro atoms. The lowest BCUT2D eigenvalue weighted by Gasteiger charge is -2.07. The Hall–Kier alpha value is -1.58. The molecular weight excluding hydrogens is 188 g/mol. The number of carboxylic acids is 1. The zero-order chi connectivity index (χ0) is 11.0. The van der Waals surface area contributed by atoms with Gasteiger partial charge in [0.2, 0.25) is 5.91 Å². The van der Waals surface area contributed by atoms with Crippen LogP contribution in [0.5, 0.6) is 0 Å². The van der Waals surface area contributed by atoms with Gasteiger partial charge in [0.15, 0.2) is 6.10 Å². The van der Waals surface area contributed by atoms with Crippen molar-refractivity contribution >= 4 is 11.9 Å². The summed E-state index contributed by atoms with van der Waals surface area (Å²) in [6.07, 6.45) is 3.34. The number of amides is 1. The molecule has 0 aliphatic heterocycles. The van der Waals surface area contributed by atoms with Crippen LogP contribution in [0.3, 0.4) is 0 Å². The second-order valence-corrected chi connectivity index (χ2v) is 2.47. The number of carbonyl (C=O) groups is 2. The minimum Gasteiger partial charge on any atom is -0.479 e. The molecule has 0 aromatic rings. The van der Waals surface area contributed by atoms with Crippen molar-refractivity contribution in [2.45, 2.75) is 6.10 Å². The van der Waals surface area contributed by atoms with Gasteiger partial charge >= 0.3 is 5.97 Å². The number of carboxylic acid groups (broad SMARTS) is 1. The van der Waals surface area contributed by atoms with E-state index in [0.29, 0.717) is 0 Å². The van der Waals surface area contributed by atoms with Crippen LogP contribution in [0.2, 0.25) is 0 Å². The fourth-order valence-electron chi connectivity index (χ4n) is 0.609. The molecule has 14 heavy (non-hydrogen) atoms. The van der Waals surface area contributed by atoms with Crippen LogP contribution in [0.15, 0.2) is 0 Å². The SMILES string of the molecule is C#CCNCC(=O)NCC(O)C(=O)O. The summed E-state index contributed by atoms with van der Waals surface area (Å²) in [7, 11) is 0. The van der Waals surface area contributed by atoms with Crippen molar-refractivity contribution in [3.63, 3.8) is 0 Å². The molecule has 0 fully saturated rings. The Labute approximate surface area is 81.3 Å². The predicted octanol–water partition coefficient (Wildman–Crippen LogP) is -2.23. The maximum atomic E-state index is 10.9. The van der Waals surface area contributed by atoms with E-state index in [0.717, 1.165) is 0 Å². The monoisotopic (exact) mass is 200 g/mol. The minimum absolute atomic E-state index is 0.00343. The molecule has 0 aliphatic carbocycles. The zero-order valence-corrected chi connectivity index (χ0v) is 7.49. The van der Waals surface area contributed by atoms with Crippen molar-refractivity contribution in [3.8, 4) is 12.3 Å². The summed E-state index contributed by atoms with van der Waals surface area (Å²) in [6.45, 7) is -0.0582. The largest absolute Gasteiger partial charge is 0.479 e. The van der Waals surface area contributed by atoms with Gasteiger partial charge in [-0.15, -0.1) is 6.42 Å². The summed E-state index contributed by atoms with van der Waals surface area (Å²) in [5, 5.41) is 21.9. The number of aliphatic hydroxyl groups excluding tert-OH is 1. The van der Waals surface area contributed by atoms with E-state index in [4.69, 9.17) is 16.6 Å². The van der Waals surface area contributed by atoms with Crippen LogP contribution >= 0.6 is 0 Å². The molecule has 0 aromatic carbocycles. The quantitative estimate of drug-likeness (QED) is 0.287. The highest BCUT2D eigenvalue weighted by molar-refractivity contribution is 5.79. The van der Waals surface area contributed by atoms with E-state index in [9.17, 15) is 9.59 Å². The zero-order valence-electron chi connectivity index (χ0n) is 7.49. The number of aliphatic carboxylic acids is 1. The fourth-order valence-corrected chi connectivity index (χ4v) is 0.609. The highest BCUT2D eigenvalue weighted by Crippen LogP contribution is 1.79. The van der Waals surface area contributed by atoms with Gasteiger partial charge in [0.25, 0.3) is 0 Å². The van der Waals surface area contributed by atoms with E-state index in [1.165, 1.54) is 0 Å². The smallest absolute Gasteiger partial charge is 0.334 e. The number of hydrogen-bond acceptors (Lipinski definition) is 4. The van der Waals surface area contributed by atoms with Crippen LogP contribution in [0, 0.1) is 12.3 Å². The van der Waals surface area contributed by atoms with Crippen molar-refractivity contribution in [1.82, 2.24) is 10.6 Å². The van der Waals surface area contributed by atoms with Crippen molar-refractivity contribution in [2.24, 2.45) is 0 Å². The Morgan fingerprint density at radius 1 is 1.50 bits per heavy atom. The van der Waals surface area contributed by atoms with Gasteiger partial charge in [0.1, 0.15) is 0 Å². The highest BCUT2D eigenvalue weighted by atomic mass is 16.4. The van der Waals surface area contributed by atoms with E-state index in [2.05, 4.69) is 16.6 Å². The molecule has 1 atom stereocenters. The molecule has 78 valence electrons. The second-order valence-electron chi connectivity index (χ2n) is 2.47. The van der Waals surface area contributed by atoms with Crippen LogP contribution in [0.4, 0.5) is 0 Å². The van der Waals surface area contributed by atoms with Crippen LogP contribution in [-0.2, 0) is 9.59 Å². The van der Waals surface area contributed by atoms with Crippen molar-refractivity contribution in [3.05, 3.63) is 0 Å². The fraction of sp³-hybridized carbons (Fsp3) is 0.500. The van der Waals surface area contributed by atoms with Gasteiger partial charge in [-0.25, -0.2) is 4.79 Å². The van der Waals surface area contributed by atoms with Crippen LogP contribution < -0.4 is 10.6 Å². The summed E-state index contributed by atoms with van der Waals surface area (Å²) in [5.74, 6) is 0.482. The van der Waals surface area contributed by atoms with Gasteiger partial charge in [0, 0.05) is 0 Å². The minimum atomic E-state index is -1.58. The molecule has 0 aromatic heterocycles. The molecule has 0 heterocycles. The molecule has 0 aliphatic rings. The molecule has 1 unspecified atom stereocenters. The highest BCUT2D eigenvalue weighted by Gasteiger charge is 2.13. The lowest BCUT2D eigenvalue weighted by atomic mass is 10.3. The van der Waals surface area contributed by atoms with Gasteiger partial charge < -0.3 is 15.5 Å². The number of terminal acetylenes is 1. The van der Waals surface area contributed by atoms with Crippen molar-refractivity contribution in [2.75, 3.05) is 19.6 Å². The molecule has 0 saturated carbocycles. The van der Waals surface area contributed by atoms with Crippen molar-refractivity contribution < 1.29 is 19.8 Å². The average Bonchev–Trinajstić information content (AvgIpc) is 2.14. The number of rotatable bonds is 6. The van der Waals surface area contributed by atoms with Gasteiger partial charge in [-0.2, -0.15) is 0 Å². The van der Waals surface area contributed by atoms with E-state index in [1.54, 1.807) is 0 Å². The third kappa shape index (κ3) is 5.99. The van der Waals surface area contributed by atoms with E-state index in [1.807, 2.05) is 0 Å². The Kier molecular flexibility index (Phi) is 6.11. The normalized spacial score (nSPS) is 11.4. The first-order valence-corrected chi connectivity index (χ1v) is 3.89. The van der Waals surface area contributed by atoms with Crippen LogP contribution in [0.1, 0.15) is 0 Å². The number of hydrogen-bond donors (Lipinski definition) is 4. The van der Waals surface area contributed by atoms with Crippen LogP contribution in [-0.4, -0.2) is 47.8 Å². The first kappa shape index (κ1) is 12.4. The second kappa shape index (κ2) is 6.88. The third-order valence-corrected chi connectivity index (χ3v) is 1.29. The summed E-state index contributed by atoms with van der Waals surface area (Å²) in [4.78, 5) is 21.0. The van der Waals surface area contributed by atoms with E-state index >= 15 is 0 Å². The Morgan fingerprint density at radius 2 is 2.14 bits per heavy atom. The first-order valence-electron chi connectivity index (χ1n) is 3.89. The van der Waals surface area contributed by atoms with E-state index < -0.39 is 18.0 Å². The third-order valence-electron chi connectivity index (χ3n) is 1.29.